The molecule has 1 fully saturated rings. The molecule has 26 heavy (non-hydrogen) atoms. The van der Waals surface area contributed by atoms with Gasteiger partial charge in [-0.25, -0.2) is 4.90 Å². The number of hydrogen-bond acceptors (Lipinski definition) is 3. The maximum atomic E-state index is 12.3. The Kier molecular flexibility index (Phi) is 4.17. The first-order valence-corrected chi connectivity index (χ1v) is 9.31. The fourth-order valence-corrected chi connectivity index (χ4v) is 3.89. The Hall–Kier alpha value is -2.79. The molecule has 2 heterocycles. The minimum absolute atomic E-state index is 0.266. The van der Waals surface area contributed by atoms with Gasteiger partial charge in [0.1, 0.15) is 0 Å². The smallest absolute Gasteiger partial charge is 0.298 e. The third kappa shape index (κ3) is 2.74. The van der Waals surface area contributed by atoms with E-state index in [4.69, 9.17) is 0 Å². The molecule has 1 aliphatic rings. The Morgan fingerprint density at radius 3 is 2.38 bits per heavy atom. The molecule has 5 heteroatoms. The second kappa shape index (κ2) is 6.50. The molecule has 0 radical (unpaired) electrons. The third-order valence-corrected chi connectivity index (χ3v) is 5.43. The number of nitrogens with zero attached hydrogens (tertiary/aromatic N) is 2. The van der Waals surface area contributed by atoms with Crippen LogP contribution in [-0.4, -0.2) is 15.7 Å². The largest absolute Gasteiger partial charge is 0.343 e. The van der Waals surface area contributed by atoms with Gasteiger partial charge in [-0.05, 0) is 47.5 Å². The van der Waals surface area contributed by atoms with E-state index in [2.05, 4.69) is 42.3 Å². The molecular formula is C21H18N2O2S. The number of carbonyl (C=O) groups excluding carboxylic acids is 2. The van der Waals surface area contributed by atoms with E-state index in [1.54, 1.807) is 6.07 Å². The summed E-state index contributed by atoms with van der Waals surface area (Å²) in [5, 5.41) is 0.588. The molecule has 0 atom stereocenters. The van der Waals surface area contributed by atoms with Crippen molar-refractivity contribution in [2.75, 3.05) is 4.90 Å². The lowest BCUT2D eigenvalue weighted by Gasteiger charge is -2.14. The highest BCUT2D eigenvalue weighted by molar-refractivity contribution is 8.18. The molecule has 0 aliphatic carbocycles. The molecule has 2 aromatic carbocycles. The van der Waals surface area contributed by atoms with E-state index in [1.807, 2.05) is 24.4 Å². The van der Waals surface area contributed by atoms with Crippen molar-refractivity contribution < 1.29 is 9.59 Å². The lowest BCUT2D eigenvalue weighted by molar-refractivity contribution is -0.113. The maximum absolute atomic E-state index is 12.3. The predicted molar refractivity (Wildman–Crippen MR) is 106 cm³/mol. The van der Waals surface area contributed by atoms with E-state index >= 15 is 0 Å². The van der Waals surface area contributed by atoms with Gasteiger partial charge in [-0.1, -0.05) is 43.8 Å². The van der Waals surface area contributed by atoms with Crippen LogP contribution in [0.1, 0.15) is 18.1 Å². The van der Waals surface area contributed by atoms with Gasteiger partial charge in [0.25, 0.3) is 11.1 Å². The topological polar surface area (TPSA) is 42.3 Å². The molecule has 0 unspecified atom stereocenters. The van der Waals surface area contributed by atoms with Crippen LogP contribution in [0, 0.1) is 0 Å². The van der Waals surface area contributed by atoms with Gasteiger partial charge in [-0.3, -0.25) is 9.59 Å². The molecule has 1 saturated heterocycles. The first kappa shape index (κ1) is 16.7. The normalized spacial score (nSPS) is 14.7. The number of aromatic nitrogens is 1. The Labute approximate surface area is 156 Å². The lowest BCUT2D eigenvalue weighted by atomic mass is 10.1. The third-order valence-electron chi connectivity index (χ3n) is 4.65. The van der Waals surface area contributed by atoms with Crippen LogP contribution >= 0.6 is 11.8 Å². The molecule has 0 bridgehead atoms. The maximum Gasteiger partial charge on any atom is 0.298 e. The molecular weight excluding hydrogens is 344 g/mol. The summed E-state index contributed by atoms with van der Waals surface area (Å²) in [5.41, 5.74) is 4.13. The van der Waals surface area contributed by atoms with E-state index < -0.39 is 0 Å². The molecule has 4 rings (SSSR count). The van der Waals surface area contributed by atoms with Crippen LogP contribution in [0.2, 0.25) is 0 Å². The molecule has 4 nitrogen and oxygen atoms in total. The van der Waals surface area contributed by atoms with Gasteiger partial charge in [0.15, 0.2) is 0 Å². The zero-order valence-electron chi connectivity index (χ0n) is 14.4. The summed E-state index contributed by atoms with van der Waals surface area (Å²) >= 11 is 0.889. The van der Waals surface area contributed by atoms with Crippen molar-refractivity contribution >= 4 is 39.5 Å². The van der Waals surface area contributed by atoms with Crippen LogP contribution < -0.4 is 4.90 Å². The Balaban J connectivity index is 1.72. The van der Waals surface area contributed by atoms with Crippen LogP contribution in [0.3, 0.4) is 0 Å². The molecule has 0 N–H and O–H groups in total. The van der Waals surface area contributed by atoms with Crippen molar-refractivity contribution in [1.29, 1.82) is 0 Å². The number of carbonyl (C=O) groups is 2. The summed E-state index contributed by atoms with van der Waals surface area (Å²) < 4.78 is 2.13. The highest BCUT2D eigenvalue weighted by atomic mass is 32.2. The van der Waals surface area contributed by atoms with Gasteiger partial charge in [0, 0.05) is 18.1 Å². The van der Waals surface area contributed by atoms with Gasteiger partial charge in [-0.15, -0.1) is 0 Å². The van der Waals surface area contributed by atoms with Crippen molar-refractivity contribution in [3.05, 3.63) is 77.3 Å². The number of hydrogen-bond donors (Lipinski definition) is 0. The molecule has 2 amide bonds. The summed E-state index contributed by atoms with van der Waals surface area (Å²) in [6, 6.07) is 16.2. The highest BCUT2D eigenvalue weighted by Crippen LogP contribution is 2.37. The predicted octanol–water partition coefficient (Wildman–Crippen LogP) is 4.97. The molecule has 3 aromatic rings. The first-order chi connectivity index (χ1) is 12.6. The second-order valence-corrected chi connectivity index (χ2v) is 7.30. The molecule has 130 valence electrons. The summed E-state index contributed by atoms with van der Waals surface area (Å²) in [7, 11) is 0. The lowest BCUT2D eigenvalue weighted by Crippen LogP contribution is -2.27. The van der Waals surface area contributed by atoms with Crippen molar-refractivity contribution in [1.82, 2.24) is 4.57 Å². The van der Waals surface area contributed by atoms with Crippen LogP contribution in [0.15, 0.2) is 66.2 Å². The summed E-state index contributed by atoms with van der Waals surface area (Å²) in [4.78, 5) is 26.0. The average molecular weight is 362 g/mol. The Morgan fingerprint density at radius 2 is 1.73 bits per heavy atom. The van der Waals surface area contributed by atoms with Crippen molar-refractivity contribution in [3.8, 4) is 0 Å². The standard InChI is InChI=1S/C21H18N2O2S/c1-3-15-7-9-16(10-8-15)13-22-12-11-17-18(22)5-4-6-19(17)23-20(24)14(2)26-21(23)25/h4-12H,2-3,13H2,1H3. The number of imide groups is 1. The zero-order chi connectivity index (χ0) is 18.3. The summed E-state index contributed by atoms with van der Waals surface area (Å²) in [5.74, 6) is -0.338. The highest BCUT2D eigenvalue weighted by Gasteiger charge is 2.36. The van der Waals surface area contributed by atoms with E-state index in [1.165, 1.54) is 16.0 Å². The van der Waals surface area contributed by atoms with Gasteiger partial charge in [-0.2, -0.15) is 0 Å². The van der Waals surface area contributed by atoms with Gasteiger partial charge >= 0.3 is 0 Å². The van der Waals surface area contributed by atoms with Crippen molar-refractivity contribution in [3.63, 3.8) is 0 Å². The van der Waals surface area contributed by atoms with E-state index in [9.17, 15) is 9.59 Å². The van der Waals surface area contributed by atoms with E-state index in [-0.39, 0.29) is 16.1 Å². The van der Waals surface area contributed by atoms with Crippen LogP contribution in [0.4, 0.5) is 10.5 Å². The number of anilines is 1. The number of rotatable bonds is 4. The van der Waals surface area contributed by atoms with Gasteiger partial charge in [0.2, 0.25) is 0 Å². The van der Waals surface area contributed by atoms with Crippen molar-refractivity contribution in [2.24, 2.45) is 0 Å². The summed E-state index contributed by atoms with van der Waals surface area (Å²) in [6.45, 7) is 6.54. The number of benzene rings is 2. The first-order valence-electron chi connectivity index (χ1n) is 8.49. The SMILES string of the molecule is C=C1SC(=O)N(c2cccc3c2ccn3Cc2ccc(CC)cc2)C1=O. The summed E-state index contributed by atoms with van der Waals surface area (Å²) in [6.07, 6.45) is 3.02. The number of amides is 2. The fourth-order valence-electron chi connectivity index (χ4n) is 3.23. The quantitative estimate of drug-likeness (QED) is 0.616. The van der Waals surface area contributed by atoms with E-state index in [0.717, 1.165) is 35.6 Å². The second-order valence-electron chi connectivity index (χ2n) is 6.26. The van der Waals surface area contributed by atoms with Crippen LogP contribution in [0.25, 0.3) is 10.9 Å². The molecule has 1 aliphatic heterocycles. The zero-order valence-corrected chi connectivity index (χ0v) is 15.3. The Morgan fingerprint density at radius 1 is 1.00 bits per heavy atom. The van der Waals surface area contributed by atoms with Crippen LogP contribution in [-0.2, 0) is 17.8 Å². The van der Waals surface area contributed by atoms with Gasteiger partial charge < -0.3 is 4.57 Å². The minimum atomic E-state index is -0.338. The fraction of sp³-hybridized carbons (Fsp3) is 0.143. The number of aryl methyl sites for hydroxylation is 1. The van der Waals surface area contributed by atoms with Crippen LogP contribution in [0.5, 0.6) is 0 Å². The van der Waals surface area contributed by atoms with Gasteiger partial charge in [0.05, 0.1) is 16.1 Å². The molecule has 0 spiro atoms. The number of thioether (sulfide) groups is 1. The van der Waals surface area contributed by atoms with Crippen molar-refractivity contribution in [2.45, 2.75) is 19.9 Å². The minimum Gasteiger partial charge on any atom is -0.343 e. The molecule has 1 aromatic heterocycles. The average Bonchev–Trinajstić information content (AvgIpc) is 3.16. The number of fused-ring (bicyclic) bond motifs is 1. The van der Waals surface area contributed by atoms with E-state index in [0.29, 0.717) is 5.69 Å². The Bertz CT molecular complexity index is 1030. The monoisotopic (exact) mass is 362 g/mol. The molecule has 0 saturated carbocycles.